The predicted molar refractivity (Wildman–Crippen MR) is 78.6 cm³/mol. The third kappa shape index (κ3) is 2.52. The summed E-state index contributed by atoms with van der Waals surface area (Å²) in [5.74, 6) is 0.498. The number of aliphatic carboxylic acids is 1. The molecule has 0 atom stereocenters. The summed E-state index contributed by atoms with van der Waals surface area (Å²) in [5.41, 5.74) is 0.335. The van der Waals surface area contributed by atoms with Crippen molar-refractivity contribution in [3.05, 3.63) is 29.3 Å². The molecule has 0 spiro atoms. The van der Waals surface area contributed by atoms with Gasteiger partial charge in [0.1, 0.15) is 5.41 Å². The highest BCUT2D eigenvalue weighted by Gasteiger charge is 2.32. The van der Waals surface area contributed by atoms with E-state index in [0.717, 1.165) is 5.69 Å². The van der Waals surface area contributed by atoms with Crippen LogP contribution < -0.4 is 14.8 Å². The number of carboxylic acids is 1. The number of anilines is 2. The number of thiazole rings is 1. The number of aromatic nitrogens is 1. The third-order valence-electron chi connectivity index (χ3n) is 3.30. The molecule has 2 aromatic rings. The van der Waals surface area contributed by atoms with Crippen LogP contribution in [0.15, 0.2) is 23.6 Å². The van der Waals surface area contributed by atoms with Gasteiger partial charge in [-0.25, -0.2) is 4.98 Å². The van der Waals surface area contributed by atoms with E-state index >= 15 is 0 Å². The number of nitrogens with one attached hydrogen (secondary N) is 1. The fourth-order valence-corrected chi connectivity index (χ4v) is 2.72. The van der Waals surface area contributed by atoms with E-state index in [0.29, 0.717) is 22.3 Å². The van der Waals surface area contributed by atoms with Gasteiger partial charge in [-0.15, -0.1) is 11.3 Å². The smallest absolute Gasteiger partial charge is 0.315 e. The van der Waals surface area contributed by atoms with Crippen molar-refractivity contribution in [2.24, 2.45) is 0 Å². The minimum atomic E-state index is -1.01. The number of carboxylic acid groups (broad SMARTS) is 1. The largest absolute Gasteiger partial charge is 0.481 e. The zero-order valence-electron chi connectivity index (χ0n) is 11.5. The van der Waals surface area contributed by atoms with Gasteiger partial charge in [0.05, 0.1) is 5.69 Å². The molecule has 1 aliphatic heterocycles. The number of rotatable bonds is 4. The number of benzene rings is 1. The summed E-state index contributed by atoms with van der Waals surface area (Å²) in [6, 6.07) is 5.50. The van der Waals surface area contributed by atoms with Crippen molar-refractivity contribution in [2.45, 2.75) is 19.3 Å². The summed E-state index contributed by atoms with van der Waals surface area (Å²) in [5, 5.41) is 14.7. The third-order valence-corrected chi connectivity index (χ3v) is 4.06. The summed E-state index contributed by atoms with van der Waals surface area (Å²) in [7, 11) is 0. The molecule has 0 saturated heterocycles. The summed E-state index contributed by atoms with van der Waals surface area (Å²) in [4.78, 5) is 15.6. The van der Waals surface area contributed by atoms with E-state index in [1.165, 1.54) is 11.3 Å². The van der Waals surface area contributed by atoms with Crippen molar-refractivity contribution in [1.82, 2.24) is 4.98 Å². The molecule has 0 aliphatic carbocycles. The molecular formula is C14H14N2O4S. The molecule has 2 heterocycles. The fourth-order valence-electron chi connectivity index (χ4n) is 1.83. The van der Waals surface area contributed by atoms with E-state index in [-0.39, 0.29) is 6.79 Å². The van der Waals surface area contributed by atoms with Gasteiger partial charge in [0, 0.05) is 17.1 Å². The van der Waals surface area contributed by atoms with E-state index in [9.17, 15) is 9.90 Å². The first-order valence-electron chi connectivity index (χ1n) is 6.33. The average Bonchev–Trinajstić information content (AvgIpc) is 3.06. The van der Waals surface area contributed by atoms with Crippen LogP contribution in [0.4, 0.5) is 10.8 Å². The van der Waals surface area contributed by atoms with Crippen LogP contribution in [0.5, 0.6) is 11.5 Å². The van der Waals surface area contributed by atoms with E-state index in [2.05, 4.69) is 10.3 Å². The second kappa shape index (κ2) is 4.92. The van der Waals surface area contributed by atoms with Crippen molar-refractivity contribution < 1.29 is 19.4 Å². The predicted octanol–water partition coefficient (Wildman–Crippen LogP) is 2.98. The Kier molecular flexibility index (Phi) is 3.21. The van der Waals surface area contributed by atoms with E-state index in [4.69, 9.17) is 9.47 Å². The summed E-state index contributed by atoms with van der Waals surface area (Å²) in [6.45, 7) is 3.50. The molecule has 1 aromatic carbocycles. The molecule has 1 aromatic heterocycles. The highest BCUT2D eigenvalue weighted by atomic mass is 32.1. The van der Waals surface area contributed by atoms with E-state index < -0.39 is 11.4 Å². The Morgan fingerprint density at radius 3 is 2.90 bits per heavy atom. The Labute approximate surface area is 125 Å². The van der Waals surface area contributed by atoms with Gasteiger partial charge in [-0.3, -0.25) is 4.79 Å². The number of ether oxygens (including phenoxy) is 2. The minimum Gasteiger partial charge on any atom is -0.481 e. The Balaban J connectivity index is 1.80. The van der Waals surface area contributed by atoms with Crippen molar-refractivity contribution in [2.75, 3.05) is 12.1 Å². The molecule has 0 unspecified atom stereocenters. The van der Waals surface area contributed by atoms with Gasteiger partial charge in [0.25, 0.3) is 0 Å². The molecule has 0 saturated carbocycles. The van der Waals surface area contributed by atoms with Gasteiger partial charge in [0.2, 0.25) is 6.79 Å². The van der Waals surface area contributed by atoms with Gasteiger partial charge in [0.15, 0.2) is 16.6 Å². The van der Waals surface area contributed by atoms with E-state index in [1.807, 2.05) is 18.2 Å². The van der Waals surface area contributed by atoms with E-state index in [1.54, 1.807) is 19.2 Å². The Morgan fingerprint density at radius 1 is 1.38 bits per heavy atom. The van der Waals surface area contributed by atoms with Crippen molar-refractivity contribution in [1.29, 1.82) is 0 Å². The first-order chi connectivity index (χ1) is 9.96. The number of hydrogen-bond acceptors (Lipinski definition) is 6. The van der Waals surface area contributed by atoms with Crippen molar-refractivity contribution in [3.63, 3.8) is 0 Å². The van der Waals surface area contributed by atoms with Gasteiger partial charge < -0.3 is 19.9 Å². The second-order valence-electron chi connectivity index (χ2n) is 5.16. The zero-order chi connectivity index (χ0) is 15.0. The van der Waals surface area contributed by atoms with Crippen LogP contribution in [0.25, 0.3) is 0 Å². The number of carbonyl (C=O) groups is 1. The highest BCUT2D eigenvalue weighted by molar-refractivity contribution is 7.13. The number of fused-ring (bicyclic) bond motifs is 1. The molecule has 0 radical (unpaired) electrons. The summed E-state index contributed by atoms with van der Waals surface area (Å²) < 4.78 is 10.6. The van der Waals surface area contributed by atoms with Gasteiger partial charge in [-0.2, -0.15) is 0 Å². The van der Waals surface area contributed by atoms with Gasteiger partial charge >= 0.3 is 5.97 Å². The first kappa shape index (κ1) is 13.7. The maximum Gasteiger partial charge on any atom is 0.315 e. The van der Waals surface area contributed by atoms with Gasteiger partial charge in [-0.05, 0) is 26.0 Å². The van der Waals surface area contributed by atoms with Crippen molar-refractivity contribution >= 4 is 28.1 Å². The molecule has 110 valence electrons. The molecule has 6 nitrogen and oxygen atoms in total. The highest BCUT2D eigenvalue weighted by Crippen LogP contribution is 2.36. The number of hydrogen-bond donors (Lipinski definition) is 2. The molecule has 21 heavy (non-hydrogen) atoms. The van der Waals surface area contributed by atoms with Crippen molar-refractivity contribution in [3.8, 4) is 11.5 Å². The van der Waals surface area contributed by atoms with Crippen LogP contribution in [0.2, 0.25) is 0 Å². The fraction of sp³-hybridized carbons (Fsp3) is 0.286. The lowest BCUT2D eigenvalue weighted by atomic mass is 9.90. The molecule has 1 aliphatic rings. The first-order valence-corrected chi connectivity index (χ1v) is 7.21. The molecular weight excluding hydrogens is 292 g/mol. The molecule has 3 rings (SSSR count). The summed E-state index contributed by atoms with van der Waals surface area (Å²) in [6.07, 6.45) is 0. The van der Waals surface area contributed by atoms with Crippen LogP contribution in [0.3, 0.4) is 0 Å². The van der Waals surface area contributed by atoms with Crippen LogP contribution in [0, 0.1) is 0 Å². The maximum absolute atomic E-state index is 11.2. The Hall–Kier alpha value is -2.28. The second-order valence-corrected chi connectivity index (χ2v) is 6.02. The molecule has 2 N–H and O–H groups in total. The average molecular weight is 306 g/mol. The van der Waals surface area contributed by atoms with Crippen LogP contribution in [0.1, 0.15) is 19.5 Å². The lowest BCUT2D eigenvalue weighted by Crippen LogP contribution is -2.28. The molecule has 0 fully saturated rings. The summed E-state index contributed by atoms with van der Waals surface area (Å²) >= 11 is 1.36. The molecule has 0 amide bonds. The molecule has 7 heteroatoms. The lowest BCUT2D eigenvalue weighted by molar-refractivity contribution is -0.142. The van der Waals surface area contributed by atoms with Gasteiger partial charge in [-0.1, -0.05) is 0 Å². The maximum atomic E-state index is 11.2. The Bertz CT molecular complexity index is 696. The standard InChI is InChI=1S/C14H14N2O4S/c1-14(2,12(17)18)11-6-21-13(16-11)15-8-3-4-9-10(5-8)20-7-19-9/h3-6H,7H2,1-2H3,(H,15,16)(H,17,18). The van der Waals surface area contributed by atoms with Crippen LogP contribution in [-0.4, -0.2) is 22.9 Å². The zero-order valence-corrected chi connectivity index (χ0v) is 12.4. The monoisotopic (exact) mass is 306 g/mol. The number of nitrogens with zero attached hydrogens (tertiary/aromatic N) is 1. The molecule has 0 bridgehead atoms. The SMILES string of the molecule is CC(C)(C(=O)O)c1csc(Nc2ccc3c(c2)OCO3)n1. The van der Waals surface area contributed by atoms with Crippen LogP contribution in [-0.2, 0) is 10.2 Å². The van der Waals surface area contributed by atoms with Crippen LogP contribution >= 0.6 is 11.3 Å². The Morgan fingerprint density at radius 2 is 2.14 bits per heavy atom. The lowest BCUT2D eigenvalue weighted by Gasteiger charge is -2.15. The minimum absolute atomic E-state index is 0.229. The topological polar surface area (TPSA) is 80.7 Å². The quantitative estimate of drug-likeness (QED) is 0.904. The normalized spacial score (nSPS) is 13.2.